The van der Waals surface area contributed by atoms with Crippen molar-refractivity contribution in [1.82, 2.24) is 10.2 Å². The molecule has 2 heteroatoms. The molecule has 0 radical (unpaired) electrons. The van der Waals surface area contributed by atoms with Gasteiger partial charge in [-0.15, -0.1) is 0 Å². The van der Waals surface area contributed by atoms with Crippen LogP contribution in [-0.2, 0) is 0 Å². The first kappa shape index (κ1) is 11.4. The van der Waals surface area contributed by atoms with Gasteiger partial charge in [-0.3, -0.25) is 4.90 Å². The van der Waals surface area contributed by atoms with Crippen molar-refractivity contribution in [1.29, 1.82) is 0 Å². The first-order valence-corrected chi connectivity index (χ1v) is 6.62. The number of hydrogen-bond acceptors (Lipinski definition) is 2. The topological polar surface area (TPSA) is 15.3 Å². The van der Waals surface area contributed by atoms with Gasteiger partial charge >= 0.3 is 0 Å². The Balaban J connectivity index is 1.80. The minimum atomic E-state index is 0.709. The van der Waals surface area contributed by atoms with Gasteiger partial charge in [0.15, 0.2) is 0 Å². The molecule has 88 valence electrons. The Morgan fingerprint density at radius 3 is 2.27 bits per heavy atom. The molecule has 1 unspecified atom stereocenters. The molecule has 15 heavy (non-hydrogen) atoms. The van der Waals surface area contributed by atoms with Crippen LogP contribution in [0.25, 0.3) is 0 Å². The van der Waals surface area contributed by atoms with Gasteiger partial charge in [0.25, 0.3) is 0 Å². The molecule has 2 aliphatic carbocycles. The fourth-order valence-corrected chi connectivity index (χ4v) is 2.36. The molecule has 1 atom stereocenters. The number of nitrogens with zero attached hydrogens (tertiary/aromatic N) is 1. The summed E-state index contributed by atoms with van der Waals surface area (Å²) in [6.07, 6.45) is 5.83. The Bertz CT molecular complexity index is 195. The summed E-state index contributed by atoms with van der Waals surface area (Å²) in [5.41, 5.74) is 0. The maximum absolute atomic E-state index is 3.50. The van der Waals surface area contributed by atoms with E-state index >= 15 is 0 Å². The maximum atomic E-state index is 3.50. The Morgan fingerprint density at radius 1 is 1.20 bits per heavy atom. The van der Waals surface area contributed by atoms with Crippen molar-refractivity contribution < 1.29 is 0 Å². The third kappa shape index (κ3) is 3.46. The molecule has 2 fully saturated rings. The van der Waals surface area contributed by atoms with Gasteiger partial charge in [-0.1, -0.05) is 0 Å². The van der Waals surface area contributed by atoms with Gasteiger partial charge < -0.3 is 5.32 Å². The van der Waals surface area contributed by atoms with E-state index in [9.17, 15) is 0 Å². The Hall–Kier alpha value is -0.0800. The molecule has 0 aromatic heterocycles. The van der Waals surface area contributed by atoms with Gasteiger partial charge in [-0.2, -0.15) is 0 Å². The van der Waals surface area contributed by atoms with Crippen molar-refractivity contribution in [2.24, 2.45) is 11.8 Å². The average molecular weight is 210 g/mol. The van der Waals surface area contributed by atoms with Gasteiger partial charge in [0.1, 0.15) is 0 Å². The van der Waals surface area contributed by atoms with Gasteiger partial charge in [-0.05, 0) is 58.4 Å². The van der Waals surface area contributed by atoms with Crippen LogP contribution in [0, 0.1) is 11.8 Å². The molecule has 0 spiro atoms. The van der Waals surface area contributed by atoms with Crippen LogP contribution in [0.15, 0.2) is 0 Å². The molecule has 2 rings (SSSR count). The van der Waals surface area contributed by atoms with Crippen molar-refractivity contribution in [2.45, 2.75) is 51.6 Å². The maximum Gasteiger partial charge on any atom is 0.0220 e. The van der Waals surface area contributed by atoms with Crippen molar-refractivity contribution in [3.05, 3.63) is 0 Å². The summed E-state index contributed by atoms with van der Waals surface area (Å²) in [7, 11) is 2.12. The smallest absolute Gasteiger partial charge is 0.0220 e. The highest BCUT2D eigenvalue weighted by Crippen LogP contribution is 2.34. The standard InChI is InChI=1S/C13H26N2/c1-10(2)15(8-11-4-5-11)9-13(14-3)12-6-7-12/h10-14H,4-9H2,1-3H3. The first-order chi connectivity index (χ1) is 7.20. The minimum absolute atomic E-state index is 0.709. The molecule has 1 N–H and O–H groups in total. The second-order valence-electron chi connectivity index (χ2n) is 5.72. The highest BCUT2D eigenvalue weighted by molar-refractivity contribution is 4.89. The summed E-state index contributed by atoms with van der Waals surface area (Å²) < 4.78 is 0. The highest BCUT2D eigenvalue weighted by Gasteiger charge is 2.33. The van der Waals surface area contributed by atoms with Crippen molar-refractivity contribution in [2.75, 3.05) is 20.1 Å². The first-order valence-electron chi connectivity index (χ1n) is 6.62. The second-order valence-corrected chi connectivity index (χ2v) is 5.72. The predicted octanol–water partition coefficient (Wildman–Crippen LogP) is 2.10. The molecule has 0 bridgehead atoms. The normalized spacial score (nSPS) is 23.8. The zero-order valence-electron chi connectivity index (χ0n) is 10.5. The van der Waals surface area contributed by atoms with Crippen molar-refractivity contribution in [3.63, 3.8) is 0 Å². The molecule has 2 nitrogen and oxygen atoms in total. The lowest BCUT2D eigenvalue weighted by Crippen LogP contribution is -2.44. The van der Waals surface area contributed by atoms with E-state index in [0.29, 0.717) is 6.04 Å². The second kappa shape index (κ2) is 4.84. The molecule has 2 aliphatic rings. The molecule has 2 saturated carbocycles. The summed E-state index contributed by atoms with van der Waals surface area (Å²) in [6, 6.07) is 1.45. The van der Waals surface area contributed by atoms with E-state index in [1.807, 2.05) is 0 Å². The lowest BCUT2D eigenvalue weighted by Gasteiger charge is -2.30. The monoisotopic (exact) mass is 210 g/mol. The summed E-state index contributed by atoms with van der Waals surface area (Å²) in [5, 5.41) is 3.50. The summed E-state index contributed by atoms with van der Waals surface area (Å²) in [5.74, 6) is 1.99. The van der Waals surface area contributed by atoms with Crippen LogP contribution >= 0.6 is 0 Å². The molecular formula is C13H26N2. The van der Waals surface area contributed by atoms with E-state index in [4.69, 9.17) is 0 Å². The Labute approximate surface area is 94.4 Å². The van der Waals surface area contributed by atoms with E-state index < -0.39 is 0 Å². The molecule has 0 saturated heterocycles. The lowest BCUT2D eigenvalue weighted by molar-refractivity contribution is 0.185. The molecule has 0 amide bonds. The quantitative estimate of drug-likeness (QED) is 0.692. The molecule has 0 aliphatic heterocycles. The van der Waals surface area contributed by atoms with Crippen molar-refractivity contribution in [3.8, 4) is 0 Å². The fraction of sp³-hybridized carbons (Fsp3) is 1.00. The molecule has 0 heterocycles. The highest BCUT2D eigenvalue weighted by atomic mass is 15.2. The van der Waals surface area contributed by atoms with Crippen LogP contribution < -0.4 is 5.32 Å². The summed E-state index contributed by atoms with van der Waals surface area (Å²) in [6.45, 7) is 7.27. The SMILES string of the molecule is CNC(CN(CC1CC1)C(C)C)C1CC1. The van der Waals surface area contributed by atoms with Crippen LogP contribution in [0.1, 0.15) is 39.5 Å². The summed E-state index contributed by atoms with van der Waals surface area (Å²) in [4.78, 5) is 2.68. The Kier molecular flexibility index (Phi) is 3.68. The van der Waals surface area contributed by atoms with Crippen LogP contribution in [0.3, 0.4) is 0 Å². The van der Waals surface area contributed by atoms with E-state index in [2.05, 4.69) is 31.1 Å². The number of rotatable bonds is 7. The Morgan fingerprint density at radius 2 is 1.87 bits per heavy atom. The van der Waals surface area contributed by atoms with Gasteiger partial charge in [-0.25, -0.2) is 0 Å². The minimum Gasteiger partial charge on any atom is -0.315 e. The van der Waals surface area contributed by atoms with Gasteiger partial charge in [0, 0.05) is 25.2 Å². The van der Waals surface area contributed by atoms with Crippen molar-refractivity contribution >= 4 is 0 Å². The molecule has 0 aromatic carbocycles. The average Bonchev–Trinajstić information content (AvgIpc) is 3.01. The fourth-order valence-electron chi connectivity index (χ4n) is 2.36. The predicted molar refractivity (Wildman–Crippen MR) is 65.0 cm³/mol. The van der Waals surface area contributed by atoms with E-state index in [0.717, 1.165) is 17.9 Å². The van der Waals surface area contributed by atoms with Crippen LogP contribution in [-0.4, -0.2) is 37.1 Å². The summed E-state index contributed by atoms with van der Waals surface area (Å²) >= 11 is 0. The lowest BCUT2D eigenvalue weighted by atomic mass is 10.1. The van der Waals surface area contributed by atoms with Gasteiger partial charge in [0.2, 0.25) is 0 Å². The zero-order chi connectivity index (χ0) is 10.8. The van der Waals surface area contributed by atoms with Crippen LogP contribution in [0.5, 0.6) is 0 Å². The van der Waals surface area contributed by atoms with E-state index in [1.54, 1.807) is 0 Å². The van der Waals surface area contributed by atoms with E-state index in [1.165, 1.54) is 38.8 Å². The van der Waals surface area contributed by atoms with Crippen LogP contribution in [0.2, 0.25) is 0 Å². The van der Waals surface area contributed by atoms with Gasteiger partial charge in [0.05, 0.1) is 0 Å². The zero-order valence-corrected chi connectivity index (χ0v) is 10.5. The largest absolute Gasteiger partial charge is 0.315 e. The molecular weight excluding hydrogens is 184 g/mol. The number of nitrogens with one attached hydrogen (secondary N) is 1. The molecule has 0 aromatic rings. The third-order valence-electron chi connectivity index (χ3n) is 3.91. The van der Waals surface area contributed by atoms with E-state index in [-0.39, 0.29) is 0 Å². The number of likely N-dealkylation sites (N-methyl/N-ethyl adjacent to an activating group) is 1. The third-order valence-corrected chi connectivity index (χ3v) is 3.91. The number of hydrogen-bond donors (Lipinski definition) is 1. The van der Waals surface area contributed by atoms with Crippen LogP contribution in [0.4, 0.5) is 0 Å².